The van der Waals surface area contributed by atoms with E-state index in [-0.39, 0.29) is 18.5 Å². The molecule has 0 spiro atoms. The molecular formula is C27H23F6NO4. The summed E-state index contributed by atoms with van der Waals surface area (Å²) >= 11 is 0. The summed E-state index contributed by atoms with van der Waals surface area (Å²) in [5, 5.41) is 9.84. The van der Waals surface area contributed by atoms with Crippen molar-refractivity contribution in [3.05, 3.63) is 95.1 Å². The van der Waals surface area contributed by atoms with Crippen LogP contribution in [0.1, 0.15) is 27.0 Å². The monoisotopic (exact) mass is 539 g/mol. The smallest absolute Gasteiger partial charge is 0.465 e. The van der Waals surface area contributed by atoms with Crippen LogP contribution in [0.15, 0.2) is 72.8 Å². The van der Waals surface area contributed by atoms with Gasteiger partial charge in [0.25, 0.3) is 0 Å². The molecule has 0 fully saturated rings. The van der Waals surface area contributed by atoms with Gasteiger partial charge in [-0.1, -0.05) is 42.5 Å². The molecule has 0 bridgehead atoms. The fourth-order valence-electron chi connectivity index (χ4n) is 4.89. The molecule has 2 unspecified atom stereocenters. The molecule has 1 aliphatic heterocycles. The number of carbonyl (C=O) groups is 1. The van der Waals surface area contributed by atoms with Gasteiger partial charge in [0.1, 0.15) is 5.75 Å². The van der Waals surface area contributed by atoms with Crippen molar-refractivity contribution in [3.63, 3.8) is 0 Å². The maximum Gasteiger partial charge on any atom is 0.573 e. The van der Waals surface area contributed by atoms with Gasteiger partial charge in [0.2, 0.25) is 0 Å². The number of hydrogen-bond acceptors (Lipinski definition) is 5. The number of esters is 1. The summed E-state index contributed by atoms with van der Waals surface area (Å²) in [5.74, 6) is -1.08. The molecular weight excluding hydrogens is 516 g/mol. The van der Waals surface area contributed by atoms with Gasteiger partial charge in [-0.3, -0.25) is 0 Å². The Morgan fingerprint density at radius 3 is 2.39 bits per heavy atom. The minimum atomic E-state index is -4.95. The van der Waals surface area contributed by atoms with Crippen molar-refractivity contribution in [1.82, 2.24) is 0 Å². The number of carbonyl (C=O) groups excluding carboxylic acids is 1. The number of methoxy groups -OCH3 is 1. The first kappa shape index (κ1) is 27.3. The standard InChI is InChI=1S/C27H23F6NO4/c1-37-24(36)18-7-4-6-17(12-18)14-25(19-8-5-9-20(13-19)38-27(31,32)33)16-34(15-23(35)26(28,29)30)22-11-3-2-10-21(22)25/h2-13,23,35H,14-16H2,1H3. The molecule has 0 radical (unpaired) electrons. The maximum atomic E-state index is 13.3. The second kappa shape index (κ2) is 10.2. The predicted molar refractivity (Wildman–Crippen MR) is 126 cm³/mol. The largest absolute Gasteiger partial charge is 0.573 e. The van der Waals surface area contributed by atoms with Crippen LogP contribution in [0.25, 0.3) is 0 Å². The third kappa shape index (κ3) is 5.72. The molecule has 38 heavy (non-hydrogen) atoms. The maximum absolute atomic E-state index is 13.3. The molecule has 0 aliphatic carbocycles. The second-order valence-corrected chi connectivity index (χ2v) is 8.98. The quantitative estimate of drug-likeness (QED) is 0.311. The summed E-state index contributed by atoms with van der Waals surface area (Å²) < 4.78 is 87.7. The van der Waals surface area contributed by atoms with E-state index < -0.39 is 42.3 Å². The molecule has 1 N–H and O–H groups in total. The van der Waals surface area contributed by atoms with Crippen LogP contribution in [0.2, 0.25) is 0 Å². The van der Waals surface area contributed by atoms with E-state index in [1.54, 1.807) is 48.5 Å². The Kier molecular flexibility index (Phi) is 7.33. The van der Waals surface area contributed by atoms with Gasteiger partial charge in [-0.05, 0) is 53.4 Å². The normalized spacial score (nSPS) is 18.2. The van der Waals surface area contributed by atoms with E-state index >= 15 is 0 Å². The number of aliphatic hydroxyl groups excluding tert-OH is 1. The fraction of sp³-hybridized carbons (Fsp3) is 0.296. The molecule has 202 valence electrons. The lowest BCUT2D eigenvalue weighted by Gasteiger charge is -2.33. The number of fused-ring (bicyclic) bond motifs is 1. The zero-order valence-corrected chi connectivity index (χ0v) is 20.0. The second-order valence-electron chi connectivity index (χ2n) is 8.98. The molecule has 11 heteroatoms. The van der Waals surface area contributed by atoms with E-state index in [1.165, 1.54) is 30.2 Å². The van der Waals surface area contributed by atoms with Gasteiger partial charge < -0.3 is 19.5 Å². The number of alkyl halides is 6. The molecule has 2 atom stereocenters. The lowest BCUT2D eigenvalue weighted by Crippen LogP contribution is -2.44. The Balaban J connectivity index is 1.86. The highest BCUT2D eigenvalue weighted by Gasteiger charge is 2.47. The van der Waals surface area contributed by atoms with E-state index in [0.717, 1.165) is 6.07 Å². The van der Waals surface area contributed by atoms with Crippen LogP contribution < -0.4 is 9.64 Å². The van der Waals surface area contributed by atoms with Crippen LogP contribution in [0.4, 0.5) is 32.0 Å². The van der Waals surface area contributed by atoms with Crippen LogP contribution in [0, 0.1) is 0 Å². The van der Waals surface area contributed by atoms with Crippen molar-refractivity contribution in [3.8, 4) is 5.75 Å². The highest BCUT2D eigenvalue weighted by atomic mass is 19.4. The molecule has 1 aliphatic rings. The van der Waals surface area contributed by atoms with Crippen molar-refractivity contribution in [2.75, 3.05) is 25.1 Å². The number of anilines is 1. The molecule has 5 nitrogen and oxygen atoms in total. The molecule has 1 heterocycles. The first-order valence-electron chi connectivity index (χ1n) is 11.5. The average Bonchev–Trinajstić information content (AvgIpc) is 3.16. The van der Waals surface area contributed by atoms with Gasteiger partial charge in [0.15, 0.2) is 6.10 Å². The Morgan fingerprint density at radius 1 is 1.00 bits per heavy atom. The highest BCUT2D eigenvalue weighted by molar-refractivity contribution is 5.89. The number of β-amino-alcohol motifs (C(OH)–C–C–N with tert-alkyl or cyclic N) is 1. The van der Waals surface area contributed by atoms with Gasteiger partial charge in [-0.2, -0.15) is 13.2 Å². The van der Waals surface area contributed by atoms with Gasteiger partial charge in [-0.15, -0.1) is 13.2 Å². The van der Waals surface area contributed by atoms with Gasteiger partial charge in [-0.25, -0.2) is 4.79 Å². The van der Waals surface area contributed by atoms with E-state index in [9.17, 15) is 36.2 Å². The number of ether oxygens (including phenoxy) is 2. The van der Waals surface area contributed by atoms with Crippen molar-refractivity contribution >= 4 is 11.7 Å². The number of rotatable bonds is 7. The molecule has 3 aromatic rings. The minimum Gasteiger partial charge on any atom is -0.465 e. The third-order valence-electron chi connectivity index (χ3n) is 6.47. The lowest BCUT2D eigenvalue weighted by atomic mass is 9.71. The Bertz CT molecular complexity index is 1310. The van der Waals surface area contributed by atoms with E-state index in [4.69, 9.17) is 4.74 Å². The van der Waals surface area contributed by atoms with Crippen LogP contribution >= 0.6 is 0 Å². The molecule has 0 saturated heterocycles. The van der Waals surface area contributed by atoms with E-state index in [1.807, 2.05) is 0 Å². The number of nitrogens with zero attached hydrogens (tertiary/aromatic N) is 1. The van der Waals surface area contributed by atoms with Crippen molar-refractivity contribution in [2.24, 2.45) is 0 Å². The third-order valence-corrected chi connectivity index (χ3v) is 6.47. The number of para-hydroxylation sites is 1. The number of hydrogen-bond donors (Lipinski definition) is 1. The number of halogens is 6. The summed E-state index contributed by atoms with van der Waals surface area (Å²) in [5.41, 5.74) is 1.01. The topological polar surface area (TPSA) is 59.0 Å². The first-order valence-corrected chi connectivity index (χ1v) is 11.5. The molecule has 0 amide bonds. The van der Waals surface area contributed by atoms with Crippen LogP contribution in [0.5, 0.6) is 5.75 Å². The summed E-state index contributed by atoms with van der Waals surface area (Å²) in [4.78, 5) is 13.5. The van der Waals surface area contributed by atoms with Crippen molar-refractivity contribution in [1.29, 1.82) is 0 Å². The summed E-state index contributed by atoms with van der Waals surface area (Å²) in [6.45, 7) is -0.861. The van der Waals surface area contributed by atoms with E-state index in [2.05, 4.69) is 4.74 Å². The first-order chi connectivity index (χ1) is 17.8. The SMILES string of the molecule is COC(=O)c1cccc(CC2(c3cccc(OC(F)(F)F)c3)CN(CC(O)C(F)(F)F)c3ccccc32)c1. The zero-order chi connectivity index (χ0) is 27.7. The van der Waals surface area contributed by atoms with Crippen LogP contribution in [0.3, 0.4) is 0 Å². The predicted octanol–water partition coefficient (Wildman–Crippen LogP) is 5.64. The van der Waals surface area contributed by atoms with Gasteiger partial charge in [0.05, 0.1) is 19.2 Å². The van der Waals surface area contributed by atoms with Gasteiger partial charge in [0, 0.05) is 17.6 Å². The van der Waals surface area contributed by atoms with Crippen LogP contribution in [-0.4, -0.2) is 49.9 Å². The van der Waals surface area contributed by atoms with Crippen LogP contribution in [-0.2, 0) is 16.6 Å². The summed E-state index contributed by atoms with van der Waals surface area (Å²) in [6, 6.07) is 18.3. The molecule has 4 rings (SSSR count). The van der Waals surface area contributed by atoms with E-state index in [0.29, 0.717) is 22.4 Å². The fourth-order valence-corrected chi connectivity index (χ4v) is 4.89. The summed E-state index contributed by atoms with van der Waals surface area (Å²) in [7, 11) is 1.22. The molecule has 0 aromatic heterocycles. The highest BCUT2D eigenvalue weighted by Crippen LogP contribution is 2.48. The Morgan fingerprint density at radius 2 is 1.71 bits per heavy atom. The lowest BCUT2D eigenvalue weighted by molar-refractivity contribution is -0.274. The van der Waals surface area contributed by atoms with Crippen molar-refractivity contribution in [2.45, 2.75) is 30.5 Å². The minimum absolute atomic E-state index is 0.0859. The molecule has 0 saturated carbocycles. The molecule has 3 aromatic carbocycles. The van der Waals surface area contributed by atoms with Gasteiger partial charge >= 0.3 is 18.5 Å². The number of benzene rings is 3. The Labute approximate surface area is 214 Å². The average molecular weight is 539 g/mol. The zero-order valence-electron chi connectivity index (χ0n) is 20.0. The Hall–Kier alpha value is -3.73. The number of aliphatic hydroxyl groups is 1. The van der Waals surface area contributed by atoms with Crippen molar-refractivity contribution < 1.29 is 45.7 Å². The summed E-state index contributed by atoms with van der Waals surface area (Å²) in [6.07, 6.45) is -12.3.